The number of aliphatic hydroxyl groups is 1. The van der Waals surface area contributed by atoms with Gasteiger partial charge in [-0.3, -0.25) is 9.69 Å². The van der Waals surface area contributed by atoms with Crippen molar-refractivity contribution in [3.05, 3.63) is 0 Å². The van der Waals surface area contributed by atoms with E-state index in [0.717, 1.165) is 6.54 Å². The lowest BCUT2D eigenvalue weighted by Crippen LogP contribution is -2.46. The van der Waals surface area contributed by atoms with Crippen molar-refractivity contribution in [2.75, 3.05) is 19.6 Å². The van der Waals surface area contributed by atoms with Crippen LogP contribution in [0.3, 0.4) is 0 Å². The average Bonchev–Trinajstić information content (AvgIpc) is 2.85. The van der Waals surface area contributed by atoms with E-state index in [2.05, 4.69) is 0 Å². The summed E-state index contributed by atoms with van der Waals surface area (Å²) < 4.78 is 0. The first-order valence-corrected chi connectivity index (χ1v) is 5.98. The van der Waals surface area contributed by atoms with Crippen molar-refractivity contribution in [2.24, 2.45) is 11.8 Å². The summed E-state index contributed by atoms with van der Waals surface area (Å²) in [4.78, 5) is 12.6. The summed E-state index contributed by atoms with van der Waals surface area (Å²) in [5.41, 5.74) is -0.815. The Labute approximate surface area is 97.3 Å². The lowest BCUT2D eigenvalue weighted by molar-refractivity contribution is -0.139. The lowest BCUT2D eigenvalue weighted by atomic mass is 9.92. The molecule has 1 fully saturated rings. The third-order valence-electron chi connectivity index (χ3n) is 3.36. The fourth-order valence-electron chi connectivity index (χ4n) is 1.68. The quantitative estimate of drug-likeness (QED) is 0.688. The highest BCUT2D eigenvalue weighted by atomic mass is 16.4. The minimum absolute atomic E-state index is 0.0272. The summed E-state index contributed by atoms with van der Waals surface area (Å²) in [5, 5.41) is 19.0. The maximum atomic E-state index is 10.7. The molecule has 0 heterocycles. The molecule has 0 spiro atoms. The van der Waals surface area contributed by atoms with E-state index in [1.807, 2.05) is 18.7 Å². The van der Waals surface area contributed by atoms with Crippen molar-refractivity contribution in [3.8, 4) is 0 Å². The number of carboxylic acids is 1. The van der Waals surface area contributed by atoms with Gasteiger partial charge in [-0.25, -0.2) is 0 Å². The first kappa shape index (κ1) is 13.5. The highest BCUT2D eigenvalue weighted by molar-refractivity contribution is 5.69. The molecule has 1 aliphatic carbocycles. The van der Waals surface area contributed by atoms with Crippen molar-refractivity contribution in [2.45, 2.75) is 39.2 Å². The topological polar surface area (TPSA) is 60.8 Å². The van der Waals surface area contributed by atoms with Gasteiger partial charge in [0.15, 0.2) is 0 Å². The summed E-state index contributed by atoms with van der Waals surface area (Å²) in [6.07, 6.45) is 2.39. The first-order chi connectivity index (χ1) is 7.31. The summed E-state index contributed by atoms with van der Waals surface area (Å²) in [6.45, 7) is 6.95. The molecule has 0 aromatic heterocycles. The van der Waals surface area contributed by atoms with Crippen LogP contribution >= 0.6 is 0 Å². The second-order valence-corrected chi connectivity index (χ2v) is 5.52. The van der Waals surface area contributed by atoms with Gasteiger partial charge >= 0.3 is 5.97 Å². The highest BCUT2D eigenvalue weighted by Gasteiger charge is 2.31. The Hall–Kier alpha value is -0.610. The zero-order valence-corrected chi connectivity index (χ0v) is 10.4. The summed E-state index contributed by atoms with van der Waals surface area (Å²) in [7, 11) is 0. The van der Waals surface area contributed by atoms with Gasteiger partial charge in [0, 0.05) is 13.1 Å². The molecule has 4 nitrogen and oxygen atoms in total. The van der Waals surface area contributed by atoms with Crippen molar-refractivity contribution in [1.82, 2.24) is 4.90 Å². The highest BCUT2D eigenvalue weighted by Crippen LogP contribution is 2.30. The van der Waals surface area contributed by atoms with Crippen LogP contribution in [0, 0.1) is 11.8 Å². The predicted octanol–water partition coefficient (Wildman–Crippen LogP) is 1.19. The molecule has 0 aliphatic heterocycles. The zero-order valence-electron chi connectivity index (χ0n) is 10.4. The van der Waals surface area contributed by atoms with E-state index in [-0.39, 0.29) is 12.5 Å². The Morgan fingerprint density at radius 2 is 2.06 bits per heavy atom. The molecule has 4 heteroatoms. The first-order valence-electron chi connectivity index (χ1n) is 5.98. The number of carbonyl (C=O) groups is 1. The molecule has 2 N–H and O–H groups in total. The number of rotatable bonds is 7. The molecule has 0 aromatic rings. The monoisotopic (exact) mass is 229 g/mol. The van der Waals surface area contributed by atoms with Crippen LogP contribution in [0.5, 0.6) is 0 Å². The smallest absolute Gasteiger partial charge is 0.317 e. The SMILES string of the molecule is CC(C)C(C)(O)CN(CC(=O)O)CC1CC1. The standard InChI is InChI=1S/C12H23NO3/c1-9(2)12(3,16)8-13(7-11(14)15)6-10-4-5-10/h9-10,16H,4-8H2,1-3H3,(H,14,15). The summed E-state index contributed by atoms with van der Waals surface area (Å²) in [5.74, 6) is -0.0504. The van der Waals surface area contributed by atoms with Crippen molar-refractivity contribution >= 4 is 5.97 Å². The fraction of sp³-hybridized carbons (Fsp3) is 0.917. The van der Waals surface area contributed by atoms with Gasteiger partial charge in [-0.2, -0.15) is 0 Å². The Morgan fingerprint density at radius 3 is 2.44 bits per heavy atom. The van der Waals surface area contributed by atoms with Crippen LogP contribution in [0.25, 0.3) is 0 Å². The molecular formula is C12H23NO3. The fourth-order valence-corrected chi connectivity index (χ4v) is 1.68. The van der Waals surface area contributed by atoms with E-state index >= 15 is 0 Å². The van der Waals surface area contributed by atoms with Crippen LogP contribution < -0.4 is 0 Å². The molecule has 94 valence electrons. The molecule has 1 unspecified atom stereocenters. The van der Waals surface area contributed by atoms with Gasteiger partial charge in [-0.1, -0.05) is 13.8 Å². The molecular weight excluding hydrogens is 206 g/mol. The molecule has 1 saturated carbocycles. The molecule has 0 saturated heterocycles. The van der Waals surface area contributed by atoms with Gasteiger partial charge in [0.25, 0.3) is 0 Å². The van der Waals surface area contributed by atoms with E-state index in [1.54, 1.807) is 6.92 Å². The molecule has 1 rings (SSSR count). The predicted molar refractivity (Wildman–Crippen MR) is 62.3 cm³/mol. The van der Waals surface area contributed by atoms with E-state index in [9.17, 15) is 9.90 Å². The maximum absolute atomic E-state index is 10.7. The summed E-state index contributed by atoms with van der Waals surface area (Å²) in [6, 6.07) is 0. The van der Waals surface area contributed by atoms with Gasteiger partial charge in [-0.15, -0.1) is 0 Å². The van der Waals surface area contributed by atoms with Crippen molar-refractivity contribution < 1.29 is 15.0 Å². The van der Waals surface area contributed by atoms with E-state index in [4.69, 9.17) is 5.11 Å². The third kappa shape index (κ3) is 4.49. The number of hydrogen-bond acceptors (Lipinski definition) is 3. The van der Waals surface area contributed by atoms with Gasteiger partial charge in [0.1, 0.15) is 0 Å². The average molecular weight is 229 g/mol. The van der Waals surface area contributed by atoms with Crippen LogP contribution in [0.2, 0.25) is 0 Å². The Kier molecular flexibility index (Phi) is 4.33. The number of carboxylic acid groups (broad SMARTS) is 1. The number of nitrogens with zero attached hydrogens (tertiary/aromatic N) is 1. The van der Waals surface area contributed by atoms with Gasteiger partial charge in [-0.05, 0) is 31.6 Å². The van der Waals surface area contributed by atoms with Crippen LogP contribution in [-0.2, 0) is 4.79 Å². The molecule has 0 radical (unpaired) electrons. The Morgan fingerprint density at radius 1 is 1.50 bits per heavy atom. The molecule has 1 atom stereocenters. The minimum atomic E-state index is -0.819. The van der Waals surface area contributed by atoms with Gasteiger partial charge in [0.05, 0.1) is 12.1 Å². The van der Waals surface area contributed by atoms with Crippen LogP contribution in [0.1, 0.15) is 33.6 Å². The second kappa shape index (κ2) is 5.15. The zero-order chi connectivity index (χ0) is 12.3. The third-order valence-corrected chi connectivity index (χ3v) is 3.36. The Balaban J connectivity index is 2.50. The van der Waals surface area contributed by atoms with E-state index in [0.29, 0.717) is 12.5 Å². The Bertz CT molecular complexity index is 247. The van der Waals surface area contributed by atoms with Crippen LogP contribution in [0.4, 0.5) is 0 Å². The minimum Gasteiger partial charge on any atom is -0.480 e. The second-order valence-electron chi connectivity index (χ2n) is 5.52. The molecule has 16 heavy (non-hydrogen) atoms. The van der Waals surface area contributed by atoms with Crippen LogP contribution in [0.15, 0.2) is 0 Å². The molecule has 0 amide bonds. The summed E-state index contributed by atoms with van der Waals surface area (Å²) >= 11 is 0. The van der Waals surface area contributed by atoms with Crippen molar-refractivity contribution in [3.63, 3.8) is 0 Å². The number of aliphatic carboxylic acids is 1. The van der Waals surface area contributed by atoms with E-state index in [1.165, 1.54) is 12.8 Å². The lowest BCUT2D eigenvalue weighted by Gasteiger charge is -2.33. The van der Waals surface area contributed by atoms with Crippen LogP contribution in [-0.4, -0.2) is 46.3 Å². The van der Waals surface area contributed by atoms with Crippen molar-refractivity contribution in [1.29, 1.82) is 0 Å². The number of hydrogen-bond donors (Lipinski definition) is 2. The molecule has 0 aromatic carbocycles. The van der Waals surface area contributed by atoms with Gasteiger partial charge in [0.2, 0.25) is 0 Å². The molecule has 0 bridgehead atoms. The largest absolute Gasteiger partial charge is 0.480 e. The normalized spacial score (nSPS) is 20.1. The maximum Gasteiger partial charge on any atom is 0.317 e. The van der Waals surface area contributed by atoms with Gasteiger partial charge < -0.3 is 10.2 Å². The molecule has 1 aliphatic rings. The van der Waals surface area contributed by atoms with E-state index < -0.39 is 11.6 Å².